The Morgan fingerprint density at radius 2 is 1.97 bits per heavy atom. The molecule has 4 aromatic rings. The molecule has 0 aromatic carbocycles. The summed E-state index contributed by atoms with van der Waals surface area (Å²) in [5.74, 6) is 0.541. The molecule has 8 nitrogen and oxygen atoms in total. The summed E-state index contributed by atoms with van der Waals surface area (Å²) in [6, 6.07) is 7.08. The second-order valence-corrected chi connectivity index (χ2v) is 6.90. The molecule has 146 valence electrons. The Labute approximate surface area is 170 Å². The van der Waals surface area contributed by atoms with Gasteiger partial charge >= 0.3 is 0 Å². The molecule has 4 aromatic heterocycles. The van der Waals surface area contributed by atoms with Crippen LogP contribution in [0.5, 0.6) is 11.6 Å². The van der Waals surface area contributed by atoms with Gasteiger partial charge in [-0.25, -0.2) is 15.0 Å². The zero-order chi connectivity index (χ0) is 20.1. The van der Waals surface area contributed by atoms with Crippen molar-refractivity contribution in [2.24, 2.45) is 5.73 Å². The van der Waals surface area contributed by atoms with E-state index in [9.17, 15) is 4.79 Å². The highest BCUT2D eigenvalue weighted by Gasteiger charge is 2.14. The fourth-order valence-electron chi connectivity index (χ4n) is 2.72. The number of nitrogens with zero attached hydrogens (tertiary/aromatic N) is 4. The summed E-state index contributed by atoms with van der Waals surface area (Å²) in [5.41, 5.74) is 7.37. The third kappa shape index (κ3) is 4.30. The number of pyridine rings is 2. The first-order chi connectivity index (χ1) is 14.2. The summed E-state index contributed by atoms with van der Waals surface area (Å²) >= 11 is 1.54. The molecule has 0 saturated carbocycles. The molecule has 9 heteroatoms. The number of hydrogen-bond donors (Lipinski definition) is 1. The van der Waals surface area contributed by atoms with Crippen LogP contribution in [0.25, 0.3) is 21.3 Å². The SMILES string of the molecule is NC(=O)c1ccc(OCCCOc2ncnc3scc(-c4cccnc4)c23)cn1. The van der Waals surface area contributed by atoms with E-state index in [0.717, 1.165) is 21.3 Å². The molecule has 4 rings (SSSR count). The Balaban J connectivity index is 1.37. The van der Waals surface area contributed by atoms with Crippen LogP contribution in [-0.2, 0) is 0 Å². The number of nitrogens with two attached hydrogens (primary N) is 1. The first-order valence-corrected chi connectivity index (χ1v) is 9.74. The third-order valence-electron chi connectivity index (χ3n) is 4.09. The van der Waals surface area contributed by atoms with Gasteiger partial charge in [-0.2, -0.15) is 0 Å². The second-order valence-electron chi connectivity index (χ2n) is 6.04. The lowest BCUT2D eigenvalue weighted by molar-refractivity contribution is 0.0995. The average Bonchev–Trinajstić information content (AvgIpc) is 3.19. The van der Waals surface area contributed by atoms with Crippen molar-refractivity contribution < 1.29 is 14.3 Å². The van der Waals surface area contributed by atoms with Crippen LogP contribution in [0.1, 0.15) is 16.9 Å². The van der Waals surface area contributed by atoms with Gasteiger partial charge in [0.05, 0.1) is 24.8 Å². The minimum Gasteiger partial charge on any atom is -0.492 e. The van der Waals surface area contributed by atoms with Crippen LogP contribution in [0, 0.1) is 0 Å². The van der Waals surface area contributed by atoms with E-state index < -0.39 is 5.91 Å². The number of carbonyl (C=O) groups excluding carboxylic acids is 1. The van der Waals surface area contributed by atoms with Gasteiger partial charge in [0, 0.05) is 35.3 Å². The molecule has 0 atom stereocenters. The Hall–Kier alpha value is -3.59. The predicted molar refractivity (Wildman–Crippen MR) is 109 cm³/mol. The van der Waals surface area contributed by atoms with Crippen molar-refractivity contribution in [2.75, 3.05) is 13.2 Å². The lowest BCUT2D eigenvalue weighted by atomic mass is 10.1. The maximum absolute atomic E-state index is 11.0. The van der Waals surface area contributed by atoms with Gasteiger partial charge in [-0.15, -0.1) is 11.3 Å². The highest BCUT2D eigenvalue weighted by molar-refractivity contribution is 7.17. The van der Waals surface area contributed by atoms with Crippen molar-refractivity contribution in [2.45, 2.75) is 6.42 Å². The van der Waals surface area contributed by atoms with Gasteiger partial charge in [0.15, 0.2) is 0 Å². The first-order valence-electron chi connectivity index (χ1n) is 8.86. The number of hydrogen-bond acceptors (Lipinski definition) is 8. The highest BCUT2D eigenvalue weighted by Crippen LogP contribution is 2.37. The molecule has 0 spiro atoms. The Morgan fingerprint density at radius 1 is 1.07 bits per heavy atom. The van der Waals surface area contributed by atoms with Crippen LogP contribution in [0.15, 0.2) is 54.6 Å². The van der Waals surface area contributed by atoms with E-state index in [1.54, 1.807) is 23.6 Å². The first kappa shape index (κ1) is 18.8. The second kappa shape index (κ2) is 8.61. The molecule has 0 unspecified atom stereocenters. The predicted octanol–water partition coefficient (Wildman–Crippen LogP) is 3.10. The van der Waals surface area contributed by atoms with Gasteiger partial charge < -0.3 is 15.2 Å². The van der Waals surface area contributed by atoms with E-state index in [0.29, 0.717) is 31.3 Å². The molecule has 1 amide bonds. The van der Waals surface area contributed by atoms with Crippen molar-refractivity contribution >= 4 is 27.5 Å². The molecule has 0 aliphatic heterocycles. The van der Waals surface area contributed by atoms with Gasteiger partial charge in [0.25, 0.3) is 5.91 Å². The van der Waals surface area contributed by atoms with Crippen molar-refractivity contribution in [3.8, 4) is 22.8 Å². The van der Waals surface area contributed by atoms with Crippen molar-refractivity contribution in [3.63, 3.8) is 0 Å². The van der Waals surface area contributed by atoms with Crippen LogP contribution >= 0.6 is 11.3 Å². The van der Waals surface area contributed by atoms with E-state index in [1.165, 1.54) is 18.6 Å². The summed E-state index contributed by atoms with van der Waals surface area (Å²) in [6.07, 6.45) is 7.17. The molecular formula is C20H17N5O3S. The van der Waals surface area contributed by atoms with Crippen molar-refractivity contribution in [1.29, 1.82) is 0 Å². The number of primary amides is 1. The fraction of sp³-hybridized carbons (Fsp3) is 0.150. The summed E-state index contributed by atoms with van der Waals surface area (Å²) < 4.78 is 11.5. The number of ether oxygens (including phenoxy) is 2. The molecule has 0 fully saturated rings. The zero-order valence-corrected chi connectivity index (χ0v) is 16.1. The van der Waals surface area contributed by atoms with Gasteiger partial charge in [-0.1, -0.05) is 6.07 Å². The molecule has 4 heterocycles. The van der Waals surface area contributed by atoms with Crippen LogP contribution < -0.4 is 15.2 Å². The fourth-order valence-corrected chi connectivity index (χ4v) is 3.63. The Morgan fingerprint density at radius 3 is 2.72 bits per heavy atom. The lowest BCUT2D eigenvalue weighted by Crippen LogP contribution is -2.12. The van der Waals surface area contributed by atoms with Crippen molar-refractivity contribution in [3.05, 3.63) is 60.3 Å². The zero-order valence-electron chi connectivity index (χ0n) is 15.3. The topological polar surface area (TPSA) is 113 Å². The lowest BCUT2D eigenvalue weighted by Gasteiger charge is -2.09. The highest BCUT2D eigenvalue weighted by atomic mass is 32.1. The van der Waals surface area contributed by atoms with Gasteiger partial charge in [0.1, 0.15) is 22.6 Å². The summed E-state index contributed by atoms with van der Waals surface area (Å²) in [7, 11) is 0. The van der Waals surface area contributed by atoms with E-state index in [1.807, 2.05) is 23.7 Å². The Kier molecular flexibility index (Phi) is 5.57. The number of carbonyl (C=O) groups is 1. The van der Waals surface area contributed by atoms with Crippen LogP contribution in [0.3, 0.4) is 0 Å². The summed E-state index contributed by atoms with van der Waals surface area (Å²) in [4.78, 5) is 28.7. The van der Waals surface area contributed by atoms with Gasteiger partial charge in [0.2, 0.25) is 5.88 Å². The monoisotopic (exact) mass is 407 g/mol. The van der Waals surface area contributed by atoms with Crippen LogP contribution in [0.2, 0.25) is 0 Å². The average molecular weight is 407 g/mol. The van der Waals surface area contributed by atoms with Gasteiger partial charge in [-0.3, -0.25) is 9.78 Å². The number of fused-ring (bicyclic) bond motifs is 1. The smallest absolute Gasteiger partial charge is 0.267 e. The molecule has 29 heavy (non-hydrogen) atoms. The van der Waals surface area contributed by atoms with Crippen LogP contribution in [0.4, 0.5) is 0 Å². The molecule has 0 bridgehead atoms. The standard InChI is InChI=1S/C20H17N5O3S/c21-18(26)16-5-4-14(10-23-16)27-7-2-8-28-19-17-15(13-3-1-6-22-9-13)11-29-20(17)25-12-24-19/h1,3-6,9-12H,2,7-8H2,(H2,21,26). The summed E-state index contributed by atoms with van der Waals surface area (Å²) in [6.45, 7) is 0.867. The normalized spacial score (nSPS) is 10.8. The molecule has 0 aliphatic carbocycles. The number of thiophene rings is 1. The van der Waals surface area contributed by atoms with E-state index in [4.69, 9.17) is 15.2 Å². The van der Waals surface area contributed by atoms with Crippen molar-refractivity contribution in [1.82, 2.24) is 19.9 Å². The molecule has 0 aliphatic rings. The summed E-state index contributed by atoms with van der Waals surface area (Å²) in [5, 5.41) is 2.92. The maximum atomic E-state index is 11.0. The van der Waals surface area contributed by atoms with E-state index in [2.05, 4.69) is 19.9 Å². The number of amides is 1. The minimum atomic E-state index is -0.569. The maximum Gasteiger partial charge on any atom is 0.267 e. The Bertz CT molecular complexity index is 1120. The van der Waals surface area contributed by atoms with Gasteiger partial charge in [-0.05, 0) is 18.2 Å². The van der Waals surface area contributed by atoms with E-state index in [-0.39, 0.29) is 5.69 Å². The largest absolute Gasteiger partial charge is 0.492 e. The number of aromatic nitrogens is 4. The molecule has 0 saturated heterocycles. The number of rotatable bonds is 8. The quantitative estimate of drug-likeness (QED) is 0.447. The molecular weight excluding hydrogens is 390 g/mol. The third-order valence-corrected chi connectivity index (χ3v) is 4.98. The van der Waals surface area contributed by atoms with Crippen LogP contribution in [-0.4, -0.2) is 39.1 Å². The molecule has 2 N–H and O–H groups in total. The minimum absolute atomic E-state index is 0.202. The van der Waals surface area contributed by atoms with E-state index >= 15 is 0 Å². The molecule has 0 radical (unpaired) electrons.